The maximum absolute atomic E-state index is 9.00. The Hall–Kier alpha value is -0.200. The molecule has 2 unspecified atom stereocenters. The van der Waals surface area contributed by atoms with Gasteiger partial charge in [-0.25, -0.2) is 0 Å². The standard InChI is InChI=1S/C5H10O5/c6-1-2-3(7)4(8)5(9)10-2/h2-9H,1H2/t2-,3+,4?,5?/m1/s1/i2D. The third-order valence-electron chi connectivity index (χ3n) is 1.37. The van der Waals surface area contributed by atoms with Crippen molar-refractivity contribution >= 4 is 0 Å². The number of aliphatic hydroxyl groups excluding tert-OH is 4. The van der Waals surface area contributed by atoms with Gasteiger partial charge in [0.1, 0.15) is 18.3 Å². The minimum atomic E-state index is -2.00. The predicted octanol–water partition coefficient (Wildman–Crippen LogP) is -2.58. The van der Waals surface area contributed by atoms with Crippen molar-refractivity contribution in [2.75, 3.05) is 6.61 Å². The van der Waals surface area contributed by atoms with Crippen molar-refractivity contribution in [3.63, 3.8) is 0 Å². The van der Waals surface area contributed by atoms with Gasteiger partial charge in [0.05, 0.1) is 7.98 Å². The van der Waals surface area contributed by atoms with Crippen LogP contribution in [0.3, 0.4) is 0 Å². The van der Waals surface area contributed by atoms with Crippen molar-refractivity contribution in [2.45, 2.75) is 24.6 Å². The third kappa shape index (κ3) is 1.14. The number of rotatable bonds is 1. The highest BCUT2D eigenvalue weighted by atomic mass is 16.6. The van der Waals surface area contributed by atoms with Gasteiger partial charge in [-0.1, -0.05) is 0 Å². The second-order valence-electron chi connectivity index (χ2n) is 2.07. The second kappa shape index (κ2) is 2.81. The molecule has 0 saturated carbocycles. The second-order valence-corrected chi connectivity index (χ2v) is 2.07. The molecule has 0 aromatic carbocycles. The first-order chi connectivity index (χ1) is 5.01. The van der Waals surface area contributed by atoms with E-state index < -0.39 is 31.2 Å². The first-order valence-corrected chi connectivity index (χ1v) is 2.84. The summed E-state index contributed by atoms with van der Waals surface area (Å²) >= 11 is 0. The van der Waals surface area contributed by atoms with Gasteiger partial charge >= 0.3 is 0 Å². The lowest BCUT2D eigenvalue weighted by Crippen LogP contribution is -2.33. The fourth-order valence-corrected chi connectivity index (χ4v) is 0.772. The number of aliphatic hydroxyl groups is 4. The average Bonchev–Trinajstić information content (AvgIpc) is 2.17. The Balaban J connectivity index is 2.73. The molecule has 1 heterocycles. The fourth-order valence-electron chi connectivity index (χ4n) is 0.772. The number of hydrogen-bond acceptors (Lipinski definition) is 5. The van der Waals surface area contributed by atoms with Gasteiger partial charge in [-0.05, 0) is 0 Å². The molecule has 1 aliphatic heterocycles. The van der Waals surface area contributed by atoms with E-state index in [4.69, 9.17) is 21.8 Å². The molecule has 5 heteroatoms. The minimum absolute atomic E-state index is 0.776. The van der Waals surface area contributed by atoms with Crippen molar-refractivity contribution in [2.24, 2.45) is 0 Å². The first-order valence-electron chi connectivity index (χ1n) is 3.34. The SMILES string of the molecule is [2H][C@]1(CO)OC(O)C(O)[C@H]1O. The van der Waals surface area contributed by atoms with Gasteiger partial charge in [-0.15, -0.1) is 0 Å². The van der Waals surface area contributed by atoms with Crippen LogP contribution in [-0.4, -0.2) is 51.6 Å². The Morgan fingerprint density at radius 1 is 1.30 bits per heavy atom. The Bertz CT molecular complexity index is 154. The molecule has 1 rings (SSSR count). The zero-order valence-corrected chi connectivity index (χ0v) is 5.14. The van der Waals surface area contributed by atoms with Crippen LogP contribution in [0.2, 0.25) is 0 Å². The van der Waals surface area contributed by atoms with Gasteiger partial charge in [-0.2, -0.15) is 0 Å². The van der Waals surface area contributed by atoms with Gasteiger partial charge < -0.3 is 25.2 Å². The van der Waals surface area contributed by atoms with Crippen LogP contribution in [0.1, 0.15) is 1.37 Å². The van der Waals surface area contributed by atoms with Crippen molar-refractivity contribution in [1.29, 1.82) is 0 Å². The molecule has 1 aliphatic rings. The molecule has 0 aliphatic carbocycles. The van der Waals surface area contributed by atoms with Gasteiger partial charge in [-0.3, -0.25) is 0 Å². The minimum Gasteiger partial charge on any atom is -0.394 e. The number of ether oxygens (including phenoxy) is 1. The average molecular weight is 151 g/mol. The summed E-state index contributed by atoms with van der Waals surface area (Å²) < 4.78 is 11.5. The van der Waals surface area contributed by atoms with Crippen molar-refractivity contribution < 1.29 is 26.5 Å². The summed E-state index contributed by atoms with van der Waals surface area (Å²) in [7, 11) is 0. The molecule has 10 heavy (non-hydrogen) atoms. The van der Waals surface area contributed by atoms with Crippen LogP contribution >= 0.6 is 0 Å². The molecule has 1 saturated heterocycles. The Labute approximate surface area is 58.9 Å². The lowest BCUT2D eigenvalue weighted by Gasteiger charge is -2.09. The topological polar surface area (TPSA) is 90.2 Å². The van der Waals surface area contributed by atoms with Crippen molar-refractivity contribution in [1.82, 2.24) is 0 Å². The van der Waals surface area contributed by atoms with Gasteiger partial charge in [0.15, 0.2) is 6.29 Å². The molecule has 4 atom stereocenters. The lowest BCUT2D eigenvalue weighted by atomic mass is 10.1. The van der Waals surface area contributed by atoms with Crippen LogP contribution in [-0.2, 0) is 4.74 Å². The largest absolute Gasteiger partial charge is 0.394 e. The summed E-state index contributed by atoms with van der Waals surface area (Å²) in [5.41, 5.74) is 0. The number of hydrogen-bond donors (Lipinski definition) is 4. The van der Waals surface area contributed by atoms with Crippen molar-refractivity contribution in [3.05, 3.63) is 0 Å². The molecule has 0 aromatic rings. The Kier molecular flexibility index (Phi) is 1.83. The molecule has 0 bridgehead atoms. The van der Waals surface area contributed by atoms with E-state index >= 15 is 0 Å². The summed E-state index contributed by atoms with van der Waals surface area (Å²) in [6.07, 6.45) is -6.71. The molecule has 4 N–H and O–H groups in total. The maximum Gasteiger partial charge on any atom is 0.184 e. The van der Waals surface area contributed by atoms with Crippen molar-refractivity contribution in [3.8, 4) is 0 Å². The monoisotopic (exact) mass is 151 g/mol. The van der Waals surface area contributed by atoms with Gasteiger partial charge in [0.25, 0.3) is 0 Å². The third-order valence-corrected chi connectivity index (χ3v) is 1.37. The summed E-state index contributed by atoms with van der Waals surface area (Å²) in [5, 5.41) is 35.2. The summed E-state index contributed by atoms with van der Waals surface area (Å²) in [6.45, 7) is -0.776. The molecule has 5 nitrogen and oxygen atoms in total. The first kappa shape index (κ1) is 6.51. The molecule has 0 radical (unpaired) electrons. The van der Waals surface area contributed by atoms with Crippen LogP contribution in [0.15, 0.2) is 0 Å². The van der Waals surface area contributed by atoms with Gasteiger partial charge in [0, 0.05) is 0 Å². The highest BCUT2D eigenvalue weighted by Gasteiger charge is 2.41. The predicted molar refractivity (Wildman–Crippen MR) is 30.0 cm³/mol. The highest BCUT2D eigenvalue weighted by Crippen LogP contribution is 2.18. The summed E-state index contributed by atoms with van der Waals surface area (Å²) in [5.74, 6) is 0. The normalized spacial score (nSPS) is 56.8. The zero-order chi connectivity index (χ0) is 8.65. The van der Waals surface area contributed by atoms with Crippen LogP contribution in [0.25, 0.3) is 0 Å². The molecule has 0 spiro atoms. The molecule has 60 valence electrons. The maximum atomic E-state index is 9.00. The highest BCUT2D eigenvalue weighted by molar-refractivity contribution is 4.84. The zero-order valence-electron chi connectivity index (χ0n) is 6.14. The Morgan fingerprint density at radius 2 is 1.90 bits per heavy atom. The van der Waals surface area contributed by atoms with Crippen LogP contribution in [0.4, 0.5) is 0 Å². The van der Waals surface area contributed by atoms with Crippen LogP contribution in [0, 0.1) is 0 Å². The van der Waals surface area contributed by atoms with E-state index in [9.17, 15) is 0 Å². The fraction of sp³-hybridized carbons (Fsp3) is 1.00. The Morgan fingerprint density at radius 3 is 2.10 bits per heavy atom. The van der Waals surface area contributed by atoms with E-state index in [2.05, 4.69) is 4.74 Å². The van der Waals surface area contributed by atoms with E-state index in [1.807, 2.05) is 0 Å². The molecular formula is C5H10O5. The van der Waals surface area contributed by atoms with E-state index in [0.717, 1.165) is 0 Å². The molecule has 0 aromatic heterocycles. The van der Waals surface area contributed by atoms with Crippen LogP contribution < -0.4 is 0 Å². The van der Waals surface area contributed by atoms with E-state index in [0.29, 0.717) is 0 Å². The smallest absolute Gasteiger partial charge is 0.184 e. The van der Waals surface area contributed by atoms with E-state index in [1.165, 1.54) is 0 Å². The van der Waals surface area contributed by atoms with Gasteiger partial charge in [0.2, 0.25) is 0 Å². The molecular weight excluding hydrogens is 140 g/mol. The molecule has 0 amide bonds. The quantitative estimate of drug-likeness (QED) is 0.330. The van der Waals surface area contributed by atoms with E-state index in [1.54, 1.807) is 0 Å². The summed E-state index contributed by atoms with van der Waals surface area (Å²) in [4.78, 5) is 0. The lowest BCUT2D eigenvalue weighted by molar-refractivity contribution is -0.132. The van der Waals surface area contributed by atoms with Crippen LogP contribution in [0.5, 0.6) is 0 Å². The summed E-state index contributed by atoms with van der Waals surface area (Å²) in [6, 6.07) is 0. The van der Waals surface area contributed by atoms with E-state index in [-0.39, 0.29) is 0 Å². The molecule has 1 fully saturated rings.